The summed E-state index contributed by atoms with van der Waals surface area (Å²) < 4.78 is 23.3. The van der Waals surface area contributed by atoms with Crippen molar-refractivity contribution in [3.63, 3.8) is 0 Å². The van der Waals surface area contributed by atoms with Crippen LogP contribution < -0.4 is 5.32 Å². The smallest absolute Gasteiger partial charge is 0.147 e. The standard InChI is InChI=1S/C13H19ClINO2S/c1-3-16-13(5-4-8-19(2,17)18)10-6-7-12(15)11(14)9-10/h6-7,9,13,16H,3-5,8H2,1-2H3. The number of hydrogen-bond acceptors (Lipinski definition) is 3. The molecule has 1 atom stereocenters. The van der Waals surface area contributed by atoms with Gasteiger partial charge in [0.25, 0.3) is 0 Å². The Morgan fingerprint density at radius 3 is 2.63 bits per heavy atom. The van der Waals surface area contributed by atoms with Gasteiger partial charge in [-0.3, -0.25) is 0 Å². The zero-order valence-corrected chi connectivity index (χ0v) is 14.8. The molecule has 1 aromatic carbocycles. The van der Waals surface area contributed by atoms with Crippen molar-refractivity contribution in [2.75, 3.05) is 18.6 Å². The van der Waals surface area contributed by atoms with Gasteiger partial charge in [0.1, 0.15) is 9.84 Å². The van der Waals surface area contributed by atoms with Crippen LogP contribution in [0.15, 0.2) is 18.2 Å². The van der Waals surface area contributed by atoms with Gasteiger partial charge in [0, 0.05) is 21.6 Å². The van der Waals surface area contributed by atoms with Crippen molar-refractivity contribution < 1.29 is 8.42 Å². The fourth-order valence-corrected chi connectivity index (χ4v) is 3.13. The largest absolute Gasteiger partial charge is 0.310 e. The predicted molar refractivity (Wildman–Crippen MR) is 89.5 cm³/mol. The molecule has 0 aliphatic rings. The highest BCUT2D eigenvalue weighted by Gasteiger charge is 2.13. The van der Waals surface area contributed by atoms with Gasteiger partial charge in [-0.05, 0) is 59.7 Å². The van der Waals surface area contributed by atoms with E-state index >= 15 is 0 Å². The van der Waals surface area contributed by atoms with E-state index in [0.29, 0.717) is 6.42 Å². The number of hydrogen-bond donors (Lipinski definition) is 1. The minimum absolute atomic E-state index is 0.154. The van der Waals surface area contributed by atoms with Gasteiger partial charge in [0.2, 0.25) is 0 Å². The quantitative estimate of drug-likeness (QED) is 0.694. The van der Waals surface area contributed by atoms with Gasteiger partial charge in [-0.2, -0.15) is 0 Å². The maximum absolute atomic E-state index is 11.2. The van der Waals surface area contributed by atoms with Gasteiger partial charge in [0.05, 0.1) is 5.02 Å². The monoisotopic (exact) mass is 415 g/mol. The van der Waals surface area contributed by atoms with E-state index in [9.17, 15) is 8.42 Å². The van der Waals surface area contributed by atoms with Crippen LogP contribution in [0.4, 0.5) is 0 Å². The number of benzene rings is 1. The van der Waals surface area contributed by atoms with Crippen LogP contribution in [0.3, 0.4) is 0 Å². The Kier molecular flexibility index (Phi) is 7.07. The third kappa shape index (κ3) is 6.42. The van der Waals surface area contributed by atoms with Gasteiger partial charge in [0.15, 0.2) is 0 Å². The first-order valence-corrected chi connectivity index (χ1v) is 9.71. The SMILES string of the molecule is CCNC(CCCS(C)(=O)=O)c1ccc(I)c(Cl)c1. The summed E-state index contributed by atoms with van der Waals surface area (Å²) in [4.78, 5) is 0. The van der Waals surface area contributed by atoms with Crippen LogP contribution in [-0.2, 0) is 9.84 Å². The van der Waals surface area contributed by atoms with Gasteiger partial charge >= 0.3 is 0 Å². The van der Waals surface area contributed by atoms with Crippen LogP contribution in [0.25, 0.3) is 0 Å². The second-order valence-corrected chi connectivity index (χ2v) is 8.39. The Bertz CT molecular complexity index is 519. The Morgan fingerprint density at radius 2 is 2.11 bits per heavy atom. The average molecular weight is 416 g/mol. The number of sulfone groups is 1. The molecule has 0 saturated carbocycles. The van der Waals surface area contributed by atoms with Gasteiger partial charge < -0.3 is 5.32 Å². The Labute approximate surface area is 134 Å². The summed E-state index contributed by atoms with van der Waals surface area (Å²) in [6, 6.07) is 6.14. The second kappa shape index (κ2) is 7.81. The summed E-state index contributed by atoms with van der Waals surface area (Å²) in [5.74, 6) is 0.229. The third-order valence-electron chi connectivity index (χ3n) is 2.80. The maximum atomic E-state index is 11.2. The predicted octanol–water partition coefficient (Wildman–Crippen LogP) is 3.42. The molecule has 0 saturated heterocycles. The maximum Gasteiger partial charge on any atom is 0.147 e. The van der Waals surface area contributed by atoms with Gasteiger partial charge in [-0.25, -0.2) is 8.42 Å². The molecule has 19 heavy (non-hydrogen) atoms. The molecule has 1 unspecified atom stereocenters. The molecule has 0 amide bonds. The van der Waals surface area contributed by atoms with Crippen molar-refractivity contribution >= 4 is 44.0 Å². The molecule has 0 aliphatic heterocycles. The van der Waals surface area contributed by atoms with Crippen molar-refractivity contribution in [2.24, 2.45) is 0 Å². The molecule has 0 fully saturated rings. The highest BCUT2D eigenvalue weighted by atomic mass is 127. The topological polar surface area (TPSA) is 46.2 Å². The Hall–Kier alpha value is 0.150. The molecule has 1 N–H and O–H groups in total. The van der Waals surface area contributed by atoms with Crippen LogP contribution in [0, 0.1) is 3.57 Å². The Balaban J connectivity index is 2.73. The molecule has 0 spiro atoms. The molecule has 0 aliphatic carbocycles. The van der Waals surface area contributed by atoms with Crippen LogP contribution in [-0.4, -0.2) is 27.0 Å². The molecule has 1 aromatic rings. The van der Waals surface area contributed by atoms with Crippen LogP contribution in [0.2, 0.25) is 5.02 Å². The van der Waals surface area contributed by atoms with Gasteiger partial charge in [-0.1, -0.05) is 24.6 Å². The lowest BCUT2D eigenvalue weighted by molar-refractivity contribution is 0.507. The highest BCUT2D eigenvalue weighted by molar-refractivity contribution is 14.1. The molecular weight excluding hydrogens is 397 g/mol. The molecule has 108 valence electrons. The molecular formula is C13H19ClINO2S. The van der Waals surface area contributed by atoms with Crippen molar-refractivity contribution in [2.45, 2.75) is 25.8 Å². The summed E-state index contributed by atoms with van der Waals surface area (Å²) in [7, 11) is -2.89. The van der Waals surface area contributed by atoms with Crippen LogP contribution in [0.1, 0.15) is 31.4 Å². The Morgan fingerprint density at radius 1 is 1.42 bits per heavy atom. The average Bonchev–Trinajstić information content (AvgIpc) is 2.30. The van der Waals surface area contributed by atoms with E-state index in [2.05, 4.69) is 27.9 Å². The van der Waals surface area contributed by atoms with Crippen molar-refractivity contribution in [1.29, 1.82) is 0 Å². The van der Waals surface area contributed by atoms with Crippen LogP contribution >= 0.6 is 34.2 Å². The van der Waals surface area contributed by atoms with E-state index < -0.39 is 9.84 Å². The zero-order chi connectivity index (χ0) is 14.5. The van der Waals surface area contributed by atoms with E-state index in [1.165, 1.54) is 6.26 Å². The summed E-state index contributed by atoms with van der Waals surface area (Å²) in [5, 5.41) is 4.12. The normalized spacial score (nSPS) is 13.5. The lowest BCUT2D eigenvalue weighted by Crippen LogP contribution is -2.21. The van der Waals surface area contributed by atoms with Crippen molar-refractivity contribution in [3.05, 3.63) is 32.4 Å². The summed E-state index contributed by atoms with van der Waals surface area (Å²) in [6.45, 7) is 2.88. The molecule has 0 aromatic heterocycles. The minimum Gasteiger partial charge on any atom is -0.310 e. The van der Waals surface area contributed by atoms with E-state index in [-0.39, 0.29) is 11.8 Å². The fraction of sp³-hybridized carbons (Fsp3) is 0.538. The fourth-order valence-electron chi connectivity index (χ4n) is 1.91. The summed E-state index contributed by atoms with van der Waals surface area (Å²) in [5.41, 5.74) is 1.11. The lowest BCUT2D eigenvalue weighted by Gasteiger charge is -2.18. The van der Waals surface area contributed by atoms with E-state index in [1.54, 1.807) is 0 Å². The van der Waals surface area contributed by atoms with Gasteiger partial charge in [-0.15, -0.1) is 0 Å². The first-order valence-electron chi connectivity index (χ1n) is 6.19. The highest BCUT2D eigenvalue weighted by Crippen LogP contribution is 2.25. The van der Waals surface area contributed by atoms with E-state index in [1.807, 2.05) is 25.1 Å². The molecule has 1 rings (SSSR count). The molecule has 6 heteroatoms. The first-order chi connectivity index (χ1) is 8.83. The molecule has 0 radical (unpaired) electrons. The van der Waals surface area contributed by atoms with E-state index in [0.717, 1.165) is 27.1 Å². The molecule has 0 bridgehead atoms. The molecule has 0 heterocycles. The number of halogens is 2. The van der Waals surface area contributed by atoms with Crippen molar-refractivity contribution in [1.82, 2.24) is 5.32 Å². The third-order valence-corrected chi connectivity index (χ3v) is 5.41. The number of rotatable bonds is 7. The number of nitrogens with one attached hydrogen (secondary N) is 1. The molecule has 3 nitrogen and oxygen atoms in total. The summed E-state index contributed by atoms with van der Waals surface area (Å²) in [6.07, 6.45) is 2.72. The minimum atomic E-state index is -2.89. The van der Waals surface area contributed by atoms with Crippen molar-refractivity contribution in [3.8, 4) is 0 Å². The van der Waals surface area contributed by atoms with Crippen LogP contribution in [0.5, 0.6) is 0 Å². The first kappa shape index (κ1) is 17.2. The van der Waals surface area contributed by atoms with E-state index in [4.69, 9.17) is 11.6 Å². The second-order valence-electron chi connectivity index (χ2n) is 4.56. The lowest BCUT2D eigenvalue weighted by atomic mass is 10.0. The zero-order valence-electron chi connectivity index (χ0n) is 11.1. The summed E-state index contributed by atoms with van der Waals surface area (Å²) >= 11 is 8.33.